The van der Waals surface area contributed by atoms with Crippen LogP contribution in [-0.2, 0) is 10.0 Å². The van der Waals surface area contributed by atoms with Crippen molar-refractivity contribution in [2.45, 2.75) is 4.90 Å². The fourth-order valence-corrected chi connectivity index (χ4v) is 3.60. The van der Waals surface area contributed by atoms with Crippen LogP contribution in [0.3, 0.4) is 0 Å². The molecule has 4 aromatic rings. The van der Waals surface area contributed by atoms with E-state index < -0.39 is 27.1 Å². The number of hydrogen-bond acceptors (Lipinski definition) is 4. The van der Waals surface area contributed by atoms with Gasteiger partial charge in [0.15, 0.2) is 11.6 Å². The highest BCUT2D eigenvalue weighted by atomic mass is 32.2. The molecule has 0 fully saturated rings. The van der Waals surface area contributed by atoms with Crippen LogP contribution in [0.5, 0.6) is 0 Å². The van der Waals surface area contributed by atoms with Gasteiger partial charge in [0.25, 0.3) is 0 Å². The number of para-hydroxylation sites is 1. The van der Waals surface area contributed by atoms with Crippen LogP contribution in [0.4, 0.5) is 8.78 Å². The normalized spacial score (nSPS) is 11.7. The third kappa shape index (κ3) is 3.32. The molecule has 2 N–H and O–H groups in total. The van der Waals surface area contributed by atoms with E-state index in [0.717, 1.165) is 6.07 Å². The molecule has 29 heavy (non-hydrogen) atoms. The summed E-state index contributed by atoms with van der Waals surface area (Å²) in [6, 6.07) is 15.2. The molecule has 4 rings (SSSR count). The third-order valence-electron chi connectivity index (χ3n) is 4.46. The molecule has 0 saturated carbocycles. The van der Waals surface area contributed by atoms with E-state index in [1.54, 1.807) is 18.2 Å². The molecule has 0 amide bonds. The van der Waals surface area contributed by atoms with Gasteiger partial charge < -0.3 is 4.42 Å². The minimum atomic E-state index is -3.92. The predicted molar refractivity (Wildman–Crippen MR) is 105 cm³/mol. The number of fused-ring (bicyclic) bond motifs is 1. The number of nitrogens with two attached hydrogens (primary N) is 1. The lowest BCUT2D eigenvalue weighted by Gasteiger charge is -2.12. The summed E-state index contributed by atoms with van der Waals surface area (Å²) in [6.07, 6.45) is 0. The Labute approximate surface area is 164 Å². The van der Waals surface area contributed by atoms with Gasteiger partial charge in [0.05, 0.1) is 15.8 Å². The number of rotatable bonds is 3. The second-order valence-electron chi connectivity index (χ2n) is 6.30. The first-order valence-corrected chi connectivity index (χ1v) is 9.95. The predicted octanol–water partition coefficient (Wildman–Crippen LogP) is 4.05. The molecule has 0 unspecified atom stereocenters. The summed E-state index contributed by atoms with van der Waals surface area (Å²) in [4.78, 5) is 13.0. The van der Waals surface area contributed by atoms with Gasteiger partial charge in [-0.3, -0.25) is 4.79 Å². The maximum absolute atomic E-state index is 14.5. The molecule has 0 spiro atoms. The van der Waals surface area contributed by atoms with Crippen LogP contribution in [0.15, 0.2) is 80.8 Å². The van der Waals surface area contributed by atoms with Crippen molar-refractivity contribution in [2.24, 2.45) is 5.14 Å². The molecule has 146 valence electrons. The Hall–Kier alpha value is -3.36. The summed E-state index contributed by atoms with van der Waals surface area (Å²) in [7, 11) is -3.92. The molecular weight excluding hydrogens is 400 g/mol. The highest BCUT2D eigenvalue weighted by Gasteiger charge is 2.22. The van der Waals surface area contributed by atoms with Crippen molar-refractivity contribution in [3.63, 3.8) is 0 Å². The average Bonchev–Trinajstić information content (AvgIpc) is 2.70. The van der Waals surface area contributed by atoms with E-state index >= 15 is 0 Å². The van der Waals surface area contributed by atoms with E-state index in [1.807, 2.05) is 0 Å². The lowest BCUT2D eigenvalue weighted by atomic mass is 9.98. The van der Waals surface area contributed by atoms with Crippen molar-refractivity contribution in [3.8, 4) is 22.5 Å². The smallest absolute Gasteiger partial charge is 0.238 e. The maximum atomic E-state index is 14.5. The Morgan fingerprint density at radius 3 is 2.24 bits per heavy atom. The van der Waals surface area contributed by atoms with Gasteiger partial charge in [-0.2, -0.15) is 0 Å². The van der Waals surface area contributed by atoms with Crippen molar-refractivity contribution >= 4 is 21.0 Å². The summed E-state index contributed by atoms with van der Waals surface area (Å²) in [5.41, 5.74) is -0.400. The first-order valence-electron chi connectivity index (χ1n) is 8.41. The minimum absolute atomic E-state index is 0.0147. The van der Waals surface area contributed by atoms with E-state index in [-0.39, 0.29) is 32.8 Å². The van der Waals surface area contributed by atoms with Crippen LogP contribution in [-0.4, -0.2) is 8.42 Å². The molecule has 0 aliphatic rings. The Morgan fingerprint density at radius 2 is 1.55 bits per heavy atom. The van der Waals surface area contributed by atoms with Crippen molar-refractivity contribution in [1.82, 2.24) is 0 Å². The highest BCUT2D eigenvalue weighted by molar-refractivity contribution is 7.89. The zero-order valence-corrected chi connectivity index (χ0v) is 15.5. The molecule has 0 bridgehead atoms. The van der Waals surface area contributed by atoms with E-state index in [4.69, 9.17) is 9.56 Å². The van der Waals surface area contributed by atoms with Gasteiger partial charge in [0, 0.05) is 11.1 Å². The molecule has 5 nitrogen and oxygen atoms in total. The second kappa shape index (κ2) is 6.91. The number of sulfonamides is 1. The van der Waals surface area contributed by atoms with Gasteiger partial charge in [-0.1, -0.05) is 24.3 Å². The van der Waals surface area contributed by atoms with Crippen LogP contribution in [0.2, 0.25) is 0 Å². The van der Waals surface area contributed by atoms with Crippen molar-refractivity contribution in [2.75, 3.05) is 0 Å². The van der Waals surface area contributed by atoms with Crippen molar-refractivity contribution < 1.29 is 21.6 Å². The summed E-state index contributed by atoms with van der Waals surface area (Å²) in [6.45, 7) is 0. The zero-order valence-electron chi connectivity index (χ0n) is 14.7. The summed E-state index contributed by atoms with van der Waals surface area (Å²) in [5, 5.41) is 5.31. The van der Waals surface area contributed by atoms with Gasteiger partial charge in [0.1, 0.15) is 11.3 Å². The highest BCUT2D eigenvalue weighted by Crippen LogP contribution is 2.34. The molecule has 0 radical (unpaired) electrons. The molecule has 3 aromatic carbocycles. The largest absolute Gasteiger partial charge is 0.455 e. The van der Waals surface area contributed by atoms with Crippen LogP contribution in [0.1, 0.15) is 0 Å². The monoisotopic (exact) mass is 413 g/mol. The SMILES string of the molecule is NS(=O)(=O)c1ccc(-c2oc3ccccc3c(=O)c2-c2cccc(F)c2F)cc1. The van der Waals surface area contributed by atoms with Gasteiger partial charge in [-0.25, -0.2) is 22.3 Å². The molecule has 1 heterocycles. The van der Waals surface area contributed by atoms with E-state index in [9.17, 15) is 22.0 Å². The number of hydrogen-bond donors (Lipinski definition) is 1. The zero-order chi connectivity index (χ0) is 20.8. The number of primary sulfonamides is 1. The van der Waals surface area contributed by atoms with Crippen LogP contribution in [0, 0.1) is 11.6 Å². The molecule has 8 heteroatoms. The van der Waals surface area contributed by atoms with Gasteiger partial charge in [0.2, 0.25) is 15.5 Å². The second-order valence-corrected chi connectivity index (χ2v) is 7.86. The quantitative estimate of drug-likeness (QED) is 0.549. The average molecular weight is 413 g/mol. The van der Waals surface area contributed by atoms with Crippen LogP contribution >= 0.6 is 0 Å². The Bertz CT molecular complexity index is 1410. The first-order chi connectivity index (χ1) is 13.8. The van der Waals surface area contributed by atoms with E-state index in [2.05, 4.69) is 0 Å². The summed E-state index contributed by atoms with van der Waals surface area (Å²) in [5.74, 6) is -2.30. The van der Waals surface area contributed by atoms with Gasteiger partial charge in [-0.15, -0.1) is 0 Å². The Kier molecular flexibility index (Phi) is 4.52. The number of halogens is 2. The molecule has 0 atom stereocenters. The van der Waals surface area contributed by atoms with Crippen molar-refractivity contribution in [1.29, 1.82) is 0 Å². The maximum Gasteiger partial charge on any atom is 0.238 e. The molecule has 0 aliphatic carbocycles. The Balaban J connectivity index is 2.08. The van der Waals surface area contributed by atoms with Crippen molar-refractivity contribution in [3.05, 3.63) is 88.6 Å². The fourth-order valence-electron chi connectivity index (χ4n) is 3.08. The molecule has 0 saturated heterocycles. The minimum Gasteiger partial charge on any atom is -0.455 e. The summed E-state index contributed by atoms with van der Waals surface area (Å²) >= 11 is 0. The Morgan fingerprint density at radius 1 is 0.862 bits per heavy atom. The first kappa shape index (κ1) is 19.0. The topological polar surface area (TPSA) is 90.4 Å². The fraction of sp³-hybridized carbons (Fsp3) is 0. The van der Waals surface area contributed by atoms with Gasteiger partial charge >= 0.3 is 0 Å². The lowest BCUT2D eigenvalue weighted by Crippen LogP contribution is -2.12. The molecule has 0 aliphatic heterocycles. The standard InChI is InChI=1S/C21H13F2NO4S/c22-16-6-3-5-15(19(16)23)18-20(25)14-4-1-2-7-17(14)28-21(18)12-8-10-13(11-9-12)29(24,26)27/h1-11H,(H2,24,26,27). The molecule has 1 aromatic heterocycles. The summed E-state index contributed by atoms with van der Waals surface area (Å²) < 4.78 is 57.2. The van der Waals surface area contributed by atoms with Crippen LogP contribution in [0.25, 0.3) is 33.4 Å². The van der Waals surface area contributed by atoms with Gasteiger partial charge in [-0.05, 0) is 42.5 Å². The third-order valence-corrected chi connectivity index (χ3v) is 5.39. The lowest BCUT2D eigenvalue weighted by molar-refractivity contribution is 0.510. The molecular formula is C21H13F2NO4S. The van der Waals surface area contributed by atoms with E-state index in [0.29, 0.717) is 5.56 Å². The van der Waals surface area contributed by atoms with E-state index in [1.165, 1.54) is 42.5 Å². The number of benzene rings is 3. The van der Waals surface area contributed by atoms with Crippen LogP contribution < -0.4 is 10.6 Å².